The van der Waals surface area contributed by atoms with Crippen molar-refractivity contribution >= 4 is 0 Å². The molecule has 0 aromatic carbocycles. The van der Waals surface area contributed by atoms with E-state index in [1.807, 2.05) is 0 Å². The lowest BCUT2D eigenvalue weighted by Crippen LogP contribution is -2.05. The summed E-state index contributed by atoms with van der Waals surface area (Å²) >= 11 is 0. The average Bonchev–Trinajstić information content (AvgIpc) is 2.95. The van der Waals surface area contributed by atoms with Crippen molar-refractivity contribution in [1.82, 2.24) is 20.2 Å². The fourth-order valence-electron chi connectivity index (χ4n) is 2.53. The summed E-state index contributed by atoms with van der Waals surface area (Å²) in [6.45, 7) is -0.120. The molecule has 0 amide bonds. The first-order chi connectivity index (χ1) is 7.90. The molecular weight excluding hydrogens is 204 g/mol. The van der Waals surface area contributed by atoms with Crippen LogP contribution in [0.25, 0.3) is 0 Å². The van der Waals surface area contributed by atoms with Gasteiger partial charge >= 0.3 is 0 Å². The standard InChI is InChI=1S/C11H20N4O/c16-9-15-11(12-13-14-15)8-4-3-7-10-5-1-2-6-10/h10,16H,1-9H2. The molecule has 1 heterocycles. The van der Waals surface area contributed by atoms with Crippen molar-refractivity contribution in [2.45, 2.75) is 58.1 Å². The number of hydrogen-bond donors (Lipinski definition) is 1. The van der Waals surface area contributed by atoms with Crippen molar-refractivity contribution in [2.24, 2.45) is 5.92 Å². The van der Waals surface area contributed by atoms with E-state index in [2.05, 4.69) is 15.5 Å². The number of hydrogen-bond acceptors (Lipinski definition) is 4. The van der Waals surface area contributed by atoms with Crippen molar-refractivity contribution < 1.29 is 5.11 Å². The van der Waals surface area contributed by atoms with E-state index in [4.69, 9.17) is 5.11 Å². The van der Waals surface area contributed by atoms with Gasteiger partial charge in [0.2, 0.25) is 0 Å². The number of aromatic nitrogens is 4. The Morgan fingerprint density at radius 2 is 2.06 bits per heavy atom. The molecule has 1 saturated carbocycles. The third kappa shape index (κ3) is 3.01. The second-order valence-electron chi connectivity index (χ2n) is 4.63. The van der Waals surface area contributed by atoms with Crippen LogP contribution in [0.15, 0.2) is 0 Å². The summed E-state index contributed by atoms with van der Waals surface area (Å²) < 4.78 is 1.45. The monoisotopic (exact) mass is 224 g/mol. The van der Waals surface area contributed by atoms with Crippen molar-refractivity contribution in [3.8, 4) is 0 Å². The summed E-state index contributed by atoms with van der Waals surface area (Å²) in [7, 11) is 0. The second kappa shape index (κ2) is 5.94. The first-order valence-corrected chi connectivity index (χ1v) is 6.26. The molecule has 0 aliphatic heterocycles. The number of nitrogens with zero attached hydrogens (tertiary/aromatic N) is 4. The highest BCUT2D eigenvalue weighted by atomic mass is 16.3. The summed E-state index contributed by atoms with van der Waals surface area (Å²) in [6, 6.07) is 0. The van der Waals surface area contributed by atoms with E-state index in [0.29, 0.717) is 0 Å². The van der Waals surface area contributed by atoms with Crippen LogP contribution in [-0.4, -0.2) is 25.3 Å². The molecular formula is C11H20N4O. The van der Waals surface area contributed by atoms with Crippen LogP contribution in [0.5, 0.6) is 0 Å². The van der Waals surface area contributed by atoms with Crippen LogP contribution in [0.1, 0.15) is 50.8 Å². The Bertz CT molecular complexity index is 307. The Balaban J connectivity index is 1.64. The van der Waals surface area contributed by atoms with Gasteiger partial charge < -0.3 is 5.11 Å². The highest BCUT2D eigenvalue weighted by Crippen LogP contribution is 2.29. The molecule has 0 atom stereocenters. The predicted octanol–water partition coefficient (Wildman–Crippen LogP) is 1.53. The smallest absolute Gasteiger partial charge is 0.154 e. The van der Waals surface area contributed by atoms with Crippen LogP contribution < -0.4 is 0 Å². The van der Waals surface area contributed by atoms with Crippen LogP contribution in [0.2, 0.25) is 0 Å². The maximum absolute atomic E-state index is 8.96. The molecule has 0 spiro atoms. The summed E-state index contributed by atoms with van der Waals surface area (Å²) in [5.74, 6) is 1.77. The van der Waals surface area contributed by atoms with Crippen molar-refractivity contribution in [1.29, 1.82) is 0 Å². The summed E-state index contributed by atoms with van der Waals surface area (Å²) in [6.07, 6.45) is 10.3. The Morgan fingerprint density at radius 3 is 2.81 bits per heavy atom. The number of rotatable bonds is 6. The Kier molecular flexibility index (Phi) is 4.27. The van der Waals surface area contributed by atoms with Crippen LogP contribution in [0.3, 0.4) is 0 Å². The molecule has 1 fully saturated rings. The van der Waals surface area contributed by atoms with Gasteiger partial charge in [0.15, 0.2) is 5.82 Å². The number of aryl methyl sites for hydroxylation is 1. The summed E-state index contributed by atoms with van der Waals surface area (Å²) in [5.41, 5.74) is 0. The largest absolute Gasteiger partial charge is 0.374 e. The maximum atomic E-state index is 8.96. The van der Waals surface area contributed by atoms with Gasteiger partial charge in [-0.1, -0.05) is 38.5 Å². The van der Waals surface area contributed by atoms with Crippen LogP contribution >= 0.6 is 0 Å². The highest BCUT2D eigenvalue weighted by Gasteiger charge is 2.14. The quantitative estimate of drug-likeness (QED) is 0.744. The molecule has 90 valence electrons. The molecule has 0 saturated heterocycles. The number of aliphatic hydroxyl groups excluding tert-OH is 1. The normalized spacial score (nSPS) is 17.1. The zero-order chi connectivity index (χ0) is 11.2. The highest BCUT2D eigenvalue weighted by molar-refractivity contribution is 4.80. The number of tetrazole rings is 1. The van der Waals surface area contributed by atoms with Crippen molar-refractivity contribution in [2.75, 3.05) is 0 Å². The summed E-state index contributed by atoms with van der Waals surface area (Å²) in [5, 5.41) is 20.1. The van der Waals surface area contributed by atoms with Gasteiger partial charge in [-0.05, 0) is 22.8 Å². The second-order valence-corrected chi connectivity index (χ2v) is 4.63. The molecule has 1 aliphatic carbocycles. The molecule has 1 aliphatic rings. The molecule has 0 unspecified atom stereocenters. The third-order valence-corrected chi connectivity index (χ3v) is 3.48. The predicted molar refractivity (Wildman–Crippen MR) is 59.5 cm³/mol. The molecule has 0 bridgehead atoms. The van der Waals surface area contributed by atoms with E-state index in [1.165, 1.54) is 43.2 Å². The first-order valence-electron chi connectivity index (χ1n) is 6.26. The lowest BCUT2D eigenvalue weighted by molar-refractivity contribution is 0.188. The van der Waals surface area contributed by atoms with Gasteiger partial charge in [-0.2, -0.15) is 0 Å². The fourth-order valence-corrected chi connectivity index (χ4v) is 2.53. The minimum Gasteiger partial charge on any atom is -0.374 e. The molecule has 1 N–H and O–H groups in total. The Hall–Kier alpha value is -0.970. The number of unbranched alkanes of at least 4 members (excludes halogenated alkanes) is 1. The number of aliphatic hydroxyl groups is 1. The first kappa shape index (κ1) is 11.5. The third-order valence-electron chi connectivity index (χ3n) is 3.48. The summed E-state index contributed by atoms with van der Waals surface area (Å²) in [4.78, 5) is 0. The molecule has 1 aromatic rings. The zero-order valence-corrected chi connectivity index (χ0v) is 9.68. The molecule has 2 rings (SSSR count). The van der Waals surface area contributed by atoms with Gasteiger partial charge in [-0.15, -0.1) is 5.10 Å². The van der Waals surface area contributed by atoms with Crippen LogP contribution in [0, 0.1) is 5.92 Å². The van der Waals surface area contributed by atoms with E-state index in [9.17, 15) is 0 Å². The van der Waals surface area contributed by atoms with E-state index >= 15 is 0 Å². The van der Waals surface area contributed by atoms with Gasteiger partial charge in [0.25, 0.3) is 0 Å². The lowest BCUT2D eigenvalue weighted by atomic mass is 10.00. The topological polar surface area (TPSA) is 63.8 Å². The van der Waals surface area contributed by atoms with Crippen LogP contribution in [0.4, 0.5) is 0 Å². The van der Waals surface area contributed by atoms with Gasteiger partial charge in [-0.3, -0.25) is 0 Å². The molecule has 16 heavy (non-hydrogen) atoms. The SMILES string of the molecule is OCn1nnnc1CCCCC1CCCC1. The molecule has 1 aromatic heterocycles. The van der Waals surface area contributed by atoms with E-state index in [0.717, 1.165) is 24.6 Å². The fraction of sp³-hybridized carbons (Fsp3) is 0.909. The Morgan fingerprint density at radius 1 is 1.25 bits per heavy atom. The molecule has 0 radical (unpaired) electrons. The van der Waals surface area contributed by atoms with Gasteiger partial charge in [-0.25, -0.2) is 4.68 Å². The molecule has 5 heteroatoms. The van der Waals surface area contributed by atoms with E-state index < -0.39 is 0 Å². The minimum atomic E-state index is -0.120. The van der Waals surface area contributed by atoms with Crippen LogP contribution in [-0.2, 0) is 13.2 Å². The van der Waals surface area contributed by atoms with Gasteiger partial charge in [0.1, 0.15) is 6.73 Å². The van der Waals surface area contributed by atoms with Crippen molar-refractivity contribution in [3.05, 3.63) is 5.82 Å². The van der Waals surface area contributed by atoms with Gasteiger partial charge in [0, 0.05) is 6.42 Å². The van der Waals surface area contributed by atoms with E-state index in [-0.39, 0.29) is 6.73 Å². The van der Waals surface area contributed by atoms with E-state index in [1.54, 1.807) is 0 Å². The van der Waals surface area contributed by atoms with Crippen molar-refractivity contribution in [3.63, 3.8) is 0 Å². The lowest BCUT2D eigenvalue weighted by Gasteiger charge is -2.07. The zero-order valence-electron chi connectivity index (χ0n) is 9.68. The Labute approximate surface area is 95.9 Å². The molecule has 5 nitrogen and oxygen atoms in total. The average molecular weight is 224 g/mol. The minimum absolute atomic E-state index is 0.120. The maximum Gasteiger partial charge on any atom is 0.154 e. The van der Waals surface area contributed by atoms with Gasteiger partial charge in [0.05, 0.1) is 0 Å².